The van der Waals surface area contributed by atoms with Gasteiger partial charge in [0.25, 0.3) is 0 Å². The molecule has 82 valence electrons. The summed E-state index contributed by atoms with van der Waals surface area (Å²) in [6.45, 7) is 2.04. The average molecular weight is 234 g/mol. The molecule has 2 nitrogen and oxygen atoms in total. The van der Waals surface area contributed by atoms with Crippen LogP contribution in [0.1, 0.15) is 29.0 Å². The number of aromatic nitrogens is 1. The number of rotatable bonds is 3. The fourth-order valence-corrected chi connectivity index (χ4v) is 1.99. The summed E-state index contributed by atoms with van der Waals surface area (Å²) in [6, 6.07) is 11.4. The van der Waals surface area contributed by atoms with Crippen LogP contribution in [-0.2, 0) is 0 Å². The van der Waals surface area contributed by atoms with Gasteiger partial charge in [-0.2, -0.15) is 0 Å². The Bertz CT molecular complexity index is 504. The molecule has 0 fully saturated rings. The molecule has 1 unspecified atom stereocenters. The molecular formula is C13H12ClNO. The van der Waals surface area contributed by atoms with Gasteiger partial charge in [-0.15, -0.1) is 0 Å². The number of carbonyl (C=O) groups excluding carboxylic acids is 1. The van der Waals surface area contributed by atoms with Crippen LogP contribution in [-0.4, -0.2) is 10.9 Å². The molecule has 0 saturated carbocycles. The minimum atomic E-state index is 0.105. The molecule has 0 spiro atoms. The molecule has 2 aromatic rings. The summed E-state index contributed by atoms with van der Waals surface area (Å²) >= 11 is 5.95. The third kappa shape index (κ3) is 2.02. The average Bonchev–Trinajstić information content (AvgIpc) is 2.76. The second-order valence-corrected chi connectivity index (χ2v) is 4.13. The minimum Gasteiger partial charge on any atom is -0.338 e. The van der Waals surface area contributed by atoms with Crippen LogP contribution >= 0.6 is 11.6 Å². The van der Waals surface area contributed by atoms with E-state index in [0.717, 1.165) is 11.8 Å². The maximum absolute atomic E-state index is 10.8. The Morgan fingerprint density at radius 3 is 2.81 bits per heavy atom. The van der Waals surface area contributed by atoms with Crippen LogP contribution in [0, 0.1) is 0 Å². The van der Waals surface area contributed by atoms with Gasteiger partial charge in [-0.25, -0.2) is 0 Å². The summed E-state index contributed by atoms with van der Waals surface area (Å²) in [5, 5.41) is 0.712. The summed E-state index contributed by atoms with van der Waals surface area (Å²) < 4.78 is 1.93. The number of hydrogen-bond donors (Lipinski definition) is 0. The highest BCUT2D eigenvalue weighted by Crippen LogP contribution is 2.22. The molecule has 0 saturated heterocycles. The Balaban J connectivity index is 2.38. The van der Waals surface area contributed by atoms with E-state index in [4.69, 9.17) is 11.6 Å². The van der Waals surface area contributed by atoms with E-state index in [9.17, 15) is 4.79 Å². The zero-order chi connectivity index (χ0) is 11.5. The van der Waals surface area contributed by atoms with Crippen molar-refractivity contribution in [3.05, 3.63) is 58.9 Å². The highest BCUT2D eigenvalue weighted by Gasteiger charge is 2.10. The van der Waals surface area contributed by atoms with Crippen molar-refractivity contribution in [3.63, 3.8) is 0 Å². The van der Waals surface area contributed by atoms with E-state index in [-0.39, 0.29) is 6.04 Å². The van der Waals surface area contributed by atoms with Gasteiger partial charge in [0.15, 0.2) is 6.29 Å². The van der Waals surface area contributed by atoms with Crippen LogP contribution < -0.4 is 0 Å². The molecule has 3 heteroatoms. The first-order valence-electron chi connectivity index (χ1n) is 5.10. The Labute approximate surface area is 99.5 Å². The Morgan fingerprint density at radius 1 is 1.31 bits per heavy atom. The Hall–Kier alpha value is -1.54. The van der Waals surface area contributed by atoms with Crippen LogP contribution in [0.5, 0.6) is 0 Å². The lowest BCUT2D eigenvalue weighted by Crippen LogP contribution is -2.08. The molecule has 1 aromatic heterocycles. The molecule has 1 atom stereocenters. The Kier molecular flexibility index (Phi) is 3.11. The molecule has 0 aliphatic rings. The first kappa shape index (κ1) is 11.0. The molecule has 16 heavy (non-hydrogen) atoms. The summed E-state index contributed by atoms with van der Waals surface area (Å²) in [5.74, 6) is 0. The quantitative estimate of drug-likeness (QED) is 0.743. The van der Waals surface area contributed by atoms with Gasteiger partial charge in [0.2, 0.25) is 0 Å². The van der Waals surface area contributed by atoms with E-state index >= 15 is 0 Å². The summed E-state index contributed by atoms with van der Waals surface area (Å²) in [6.07, 6.45) is 2.76. The van der Waals surface area contributed by atoms with E-state index < -0.39 is 0 Å². The third-order valence-electron chi connectivity index (χ3n) is 2.68. The topological polar surface area (TPSA) is 22.0 Å². The Morgan fingerprint density at radius 2 is 2.12 bits per heavy atom. The van der Waals surface area contributed by atoms with Crippen molar-refractivity contribution in [2.24, 2.45) is 0 Å². The molecule has 0 N–H and O–H groups in total. The molecule has 0 amide bonds. The lowest BCUT2D eigenvalue weighted by atomic mass is 10.1. The summed E-state index contributed by atoms with van der Waals surface area (Å²) in [7, 11) is 0. The predicted molar refractivity (Wildman–Crippen MR) is 65.1 cm³/mol. The van der Waals surface area contributed by atoms with Crippen LogP contribution in [0.2, 0.25) is 5.02 Å². The fraction of sp³-hybridized carbons (Fsp3) is 0.154. The zero-order valence-electron chi connectivity index (χ0n) is 8.93. The van der Waals surface area contributed by atoms with E-state index in [0.29, 0.717) is 10.7 Å². The second kappa shape index (κ2) is 4.54. The summed E-state index contributed by atoms with van der Waals surface area (Å²) in [5.41, 5.74) is 1.76. The molecule has 0 radical (unpaired) electrons. The molecule has 0 bridgehead atoms. The molecule has 0 aliphatic carbocycles. The van der Waals surface area contributed by atoms with E-state index in [1.54, 1.807) is 6.07 Å². The van der Waals surface area contributed by atoms with Crippen LogP contribution in [0.4, 0.5) is 0 Å². The van der Waals surface area contributed by atoms with Gasteiger partial charge >= 0.3 is 0 Å². The van der Waals surface area contributed by atoms with Crippen LogP contribution in [0.3, 0.4) is 0 Å². The zero-order valence-corrected chi connectivity index (χ0v) is 9.69. The lowest BCUT2D eigenvalue weighted by molar-refractivity contribution is 0.111. The van der Waals surface area contributed by atoms with Gasteiger partial charge in [-0.3, -0.25) is 4.79 Å². The van der Waals surface area contributed by atoms with Crippen molar-refractivity contribution in [1.29, 1.82) is 0 Å². The third-order valence-corrected chi connectivity index (χ3v) is 2.92. The standard InChI is InChI=1S/C13H12ClNO/c1-10(11-4-2-5-12(14)8-11)15-7-3-6-13(15)9-16/h2-10H,1H3. The van der Waals surface area contributed by atoms with Crippen molar-refractivity contribution < 1.29 is 4.79 Å². The maximum Gasteiger partial charge on any atom is 0.166 e. The largest absolute Gasteiger partial charge is 0.338 e. The minimum absolute atomic E-state index is 0.105. The van der Waals surface area contributed by atoms with Gasteiger partial charge in [-0.1, -0.05) is 23.7 Å². The van der Waals surface area contributed by atoms with Gasteiger partial charge in [0.05, 0.1) is 11.7 Å². The smallest absolute Gasteiger partial charge is 0.166 e. The molecule has 1 aromatic carbocycles. The van der Waals surface area contributed by atoms with E-state index in [1.165, 1.54) is 0 Å². The normalized spacial score (nSPS) is 12.4. The first-order valence-corrected chi connectivity index (χ1v) is 5.47. The molecular weight excluding hydrogens is 222 g/mol. The molecule has 1 heterocycles. The van der Waals surface area contributed by atoms with Gasteiger partial charge < -0.3 is 4.57 Å². The SMILES string of the molecule is CC(c1cccc(Cl)c1)n1cccc1C=O. The number of halogens is 1. The van der Waals surface area contributed by atoms with E-state index in [1.807, 2.05) is 48.0 Å². The van der Waals surface area contributed by atoms with Gasteiger partial charge in [0.1, 0.15) is 0 Å². The first-order chi connectivity index (χ1) is 7.72. The maximum atomic E-state index is 10.8. The monoisotopic (exact) mass is 233 g/mol. The fourth-order valence-electron chi connectivity index (χ4n) is 1.79. The highest BCUT2D eigenvalue weighted by molar-refractivity contribution is 6.30. The van der Waals surface area contributed by atoms with Crippen LogP contribution in [0.15, 0.2) is 42.6 Å². The molecule has 0 aliphatic heterocycles. The number of hydrogen-bond acceptors (Lipinski definition) is 1. The number of aldehydes is 1. The second-order valence-electron chi connectivity index (χ2n) is 3.69. The number of nitrogens with zero attached hydrogens (tertiary/aromatic N) is 1. The van der Waals surface area contributed by atoms with Crippen molar-refractivity contribution in [1.82, 2.24) is 4.57 Å². The lowest BCUT2D eigenvalue weighted by Gasteiger charge is -2.16. The molecule has 2 rings (SSSR count). The summed E-state index contributed by atoms with van der Waals surface area (Å²) in [4.78, 5) is 10.8. The van der Waals surface area contributed by atoms with E-state index in [2.05, 4.69) is 0 Å². The highest BCUT2D eigenvalue weighted by atomic mass is 35.5. The number of benzene rings is 1. The number of carbonyl (C=O) groups is 1. The predicted octanol–water partition coefficient (Wildman–Crippen LogP) is 3.56. The van der Waals surface area contributed by atoms with Crippen LogP contribution in [0.25, 0.3) is 0 Å². The van der Waals surface area contributed by atoms with Gasteiger partial charge in [-0.05, 0) is 36.8 Å². The van der Waals surface area contributed by atoms with Gasteiger partial charge in [0, 0.05) is 11.2 Å². The van der Waals surface area contributed by atoms with Crippen molar-refractivity contribution in [2.75, 3.05) is 0 Å². The van der Waals surface area contributed by atoms with Crippen molar-refractivity contribution in [3.8, 4) is 0 Å². The van der Waals surface area contributed by atoms with Crippen molar-refractivity contribution in [2.45, 2.75) is 13.0 Å². The van der Waals surface area contributed by atoms with Crippen molar-refractivity contribution >= 4 is 17.9 Å².